The first-order valence-corrected chi connectivity index (χ1v) is 4.31. The van der Waals surface area contributed by atoms with Crippen molar-refractivity contribution in [3.8, 4) is 5.75 Å². The summed E-state index contributed by atoms with van der Waals surface area (Å²) in [6, 6.07) is 5.93. The van der Waals surface area contributed by atoms with E-state index in [9.17, 15) is 4.79 Å². The van der Waals surface area contributed by atoms with Gasteiger partial charge >= 0.3 is 5.97 Å². The first kappa shape index (κ1) is 10.5. The quantitative estimate of drug-likeness (QED) is 0.658. The van der Waals surface area contributed by atoms with Crippen molar-refractivity contribution in [2.45, 2.75) is 12.5 Å². The number of phenols is 1. The number of carboxylic acid groups (broad SMARTS) is 1. The van der Waals surface area contributed by atoms with Gasteiger partial charge in [0, 0.05) is 0 Å². The van der Waals surface area contributed by atoms with Gasteiger partial charge in [-0.1, -0.05) is 12.1 Å². The molecule has 0 radical (unpaired) electrons. The number of aromatic hydroxyl groups is 1. The van der Waals surface area contributed by atoms with Crippen LogP contribution in [0.25, 0.3) is 0 Å². The fraction of sp³-hybridized carbons (Fsp3) is 0.300. The fourth-order valence-corrected chi connectivity index (χ4v) is 1.18. The second kappa shape index (κ2) is 4.62. The van der Waals surface area contributed by atoms with Crippen LogP contribution in [-0.4, -0.2) is 29.3 Å². The van der Waals surface area contributed by atoms with E-state index in [1.54, 1.807) is 31.3 Å². The number of phenolic OH excluding ortho intramolecular Hbond substituents is 1. The molecule has 0 fully saturated rings. The Kier molecular flexibility index (Phi) is 3.48. The molecule has 4 heteroatoms. The largest absolute Gasteiger partial charge is 0.508 e. The molecule has 0 amide bonds. The summed E-state index contributed by atoms with van der Waals surface area (Å²) in [6.07, 6.45) is 0.409. The zero-order valence-corrected chi connectivity index (χ0v) is 7.90. The van der Waals surface area contributed by atoms with Gasteiger partial charge in [-0.2, -0.15) is 0 Å². The van der Waals surface area contributed by atoms with E-state index in [2.05, 4.69) is 5.32 Å². The third-order valence-electron chi connectivity index (χ3n) is 2.02. The third kappa shape index (κ3) is 2.74. The van der Waals surface area contributed by atoms with E-state index in [0.29, 0.717) is 6.42 Å². The Morgan fingerprint density at radius 2 is 2.00 bits per heavy atom. The van der Waals surface area contributed by atoms with Crippen LogP contribution in [0.3, 0.4) is 0 Å². The number of carboxylic acids is 1. The van der Waals surface area contributed by atoms with Gasteiger partial charge in [-0.3, -0.25) is 4.79 Å². The molecule has 1 atom stereocenters. The number of hydrogen-bond acceptors (Lipinski definition) is 3. The second-order valence-corrected chi connectivity index (χ2v) is 3.05. The molecule has 1 rings (SSSR count). The lowest BCUT2D eigenvalue weighted by Crippen LogP contribution is -2.35. The monoisotopic (exact) mass is 195 g/mol. The molecule has 3 N–H and O–H groups in total. The van der Waals surface area contributed by atoms with Crippen LogP contribution in [0.1, 0.15) is 5.56 Å². The first-order chi connectivity index (χ1) is 6.63. The maximum absolute atomic E-state index is 10.7. The van der Waals surface area contributed by atoms with Crippen LogP contribution < -0.4 is 5.32 Å². The number of hydrogen-bond donors (Lipinski definition) is 3. The van der Waals surface area contributed by atoms with Gasteiger partial charge in [-0.05, 0) is 31.2 Å². The predicted molar refractivity (Wildman–Crippen MR) is 52.3 cm³/mol. The van der Waals surface area contributed by atoms with Crippen molar-refractivity contribution < 1.29 is 15.0 Å². The number of carbonyl (C=O) groups is 1. The maximum Gasteiger partial charge on any atom is 0.321 e. The van der Waals surface area contributed by atoms with Crippen molar-refractivity contribution in [2.24, 2.45) is 0 Å². The van der Waals surface area contributed by atoms with E-state index in [4.69, 9.17) is 10.2 Å². The van der Waals surface area contributed by atoms with Crippen molar-refractivity contribution >= 4 is 5.97 Å². The van der Waals surface area contributed by atoms with Crippen molar-refractivity contribution in [1.82, 2.24) is 5.32 Å². The van der Waals surface area contributed by atoms with E-state index >= 15 is 0 Å². The molecule has 0 aliphatic carbocycles. The van der Waals surface area contributed by atoms with E-state index in [1.165, 1.54) is 0 Å². The molecule has 4 nitrogen and oxygen atoms in total. The molecule has 14 heavy (non-hydrogen) atoms. The minimum atomic E-state index is -0.874. The Hall–Kier alpha value is -1.55. The normalized spacial score (nSPS) is 12.4. The van der Waals surface area contributed by atoms with Crippen LogP contribution in [0, 0.1) is 0 Å². The van der Waals surface area contributed by atoms with E-state index < -0.39 is 12.0 Å². The third-order valence-corrected chi connectivity index (χ3v) is 2.02. The van der Waals surface area contributed by atoms with Crippen LogP contribution in [0.15, 0.2) is 24.3 Å². The Bertz CT molecular complexity index is 308. The van der Waals surface area contributed by atoms with Gasteiger partial charge in [0.1, 0.15) is 11.8 Å². The zero-order chi connectivity index (χ0) is 10.6. The molecule has 0 saturated carbocycles. The Labute approximate surface area is 82.2 Å². The maximum atomic E-state index is 10.7. The lowest BCUT2D eigenvalue weighted by atomic mass is 10.1. The summed E-state index contributed by atoms with van der Waals surface area (Å²) < 4.78 is 0. The predicted octanol–water partition coefficient (Wildman–Crippen LogP) is 0.607. The van der Waals surface area contributed by atoms with Crippen molar-refractivity contribution in [1.29, 1.82) is 0 Å². The topological polar surface area (TPSA) is 69.6 Å². The van der Waals surface area contributed by atoms with Crippen LogP contribution in [-0.2, 0) is 11.2 Å². The average molecular weight is 195 g/mol. The summed E-state index contributed by atoms with van der Waals surface area (Å²) in [6.45, 7) is 0. The van der Waals surface area contributed by atoms with Gasteiger partial charge in [0.05, 0.1) is 0 Å². The summed E-state index contributed by atoms with van der Waals surface area (Å²) >= 11 is 0. The smallest absolute Gasteiger partial charge is 0.321 e. The highest BCUT2D eigenvalue weighted by Crippen LogP contribution is 2.11. The highest BCUT2D eigenvalue weighted by molar-refractivity contribution is 5.73. The molecule has 0 bridgehead atoms. The van der Waals surface area contributed by atoms with Gasteiger partial charge in [-0.25, -0.2) is 0 Å². The number of rotatable bonds is 4. The number of aliphatic carboxylic acids is 1. The first-order valence-electron chi connectivity index (χ1n) is 4.31. The van der Waals surface area contributed by atoms with Crippen molar-refractivity contribution in [3.05, 3.63) is 29.8 Å². The summed E-state index contributed by atoms with van der Waals surface area (Å²) in [7, 11) is 1.61. The second-order valence-electron chi connectivity index (χ2n) is 3.05. The molecular formula is C10H13NO3. The molecule has 0 aliphatic heterocycles. The van der Waals surface area contributed by atoms with Gasteiger partial charge < -0.3 is 15.5 Å². The van der Waals surface area contributed by atoms with Gasteiger partial charge in [0.25, 0.3) is 0 Å². The summed E-state index contributed by atoms with van der Waals surface area (Å²) in [5, 5.41) is 20.5. The highest BCUT2D eigenvalue weighted by Gasteiger charge is 2.14. The molecule has 0 aliphatic rings. The summed E-state index contributed by atoms with van der Waals surface area (Å²) in [5.41, 5.74) is 0.879. The van der Waals surface area contributed by atoms with Crippen molar-refractivity contribution in [3.63, 3.8) is 0 Å². The molecule has 0 saturated heterocycles. The lowest BCUT2D eigenvalue weighted by Gasteiger charge is -2.10. The summed E-state index contributed by atoms with van der Waals surface area (Å²) in [4.78, 5) is 10.7. The summed E-state index contributed by atoms with van der Waals surface area (Å²) in [5.74, 6) is -0.689. The van der Waals surface area contributed by atoms with E-state index in [1.807, 2.05) is 0 Å². The van der Waals surface area contributed by atoms with Gasteiger partial charge in [-0.15, -0.1) is 0 Å². The number of benzene rings is 1. The molecule has 0 spiro atoms. The molecule has 0 heterocycles. The molecular weight excluding hydrogens is 182 g/mol. The van der Waals surface area contributed by atoms with Crippen LogP contribution in [0.2, 0.25) is 0 Å². The van der Waals surface area contributed by atoms with E-state index in [0.717, 1.165) is 5.56 Å². The Morgan fingerprint density at radius 3 is 2.43 bits per heavy atom. The Balaban J connectivity index is 2.67. The van der Waals surface area contributed by atoms with Crippen LogP contribution >= 0.6 is 0 Å². The zero-order valence-electron chi connectivity index (χ0n) is 7.90. The number of likely N-dealkylation sites (N-methyl/N-ethyl adjacent to an activating group) is 1. The van der Waals surface area contributed by atoms with E-state index in [-0.39, 0.29) is 5.75 Å². The van der Waals surface area contributed by atoms with Crippen LogP contribution in [0.5, 0.6) is 5.75 Å². The lowest BCUT2D eigenvalue weighted by molar-refractivity contribution is -0.139. The minimum Gasteiger partial charge on any atom is -0.508 e. The number of nitrogens with one attached hydrogen (secondary N) is 1. The molecule has 0 unspecified atom stereocenters. The molecule has 0 aromatic heterocycles. The minimum absolute atomic E-state index is 0.185. The highest BCUT2D eigenvalue weighted by atomic mass is 16.4. The SMILES string of the molecule is CN[C@H](Cc1ccc(O)cc1)C(=O)O. The fourth-order valence-electron chi connectivity index (χ4n) is 1.18. The Morgan fingerprint density at radius 1 is 1.43 bits per heavy atom. The standard InChI is InChI=1S/C10H13NO3/c1-11-9(10(13)14)6-7-2-4-8(12)5-3-7/h2-5,9,11-12H,6H2,1H3,(H,13,14)/t9-/m1/s1. The molecule has 1 aromatic rings. The molecule has 76 valence electrons. The van der Waals surface area contributed by atoms with Gasteiger partial charge in [0.15, 0.2) is 0 Å². The average Bonchev–Trinajstić information content (AvgIpc) is 2.16. The van der Waals surface area contributed by atoms with Crippen molar-refractivity contribution in [2.75, 3.05) is 7.05 Å². The molecule has 1 aromatic carbocycles. The van der Waals surface area contributed by atoms with Gasteiger partial charge in [0.2, 0.25) is 0 Å². The van der Waals surface area contributed by atoms with Crippen LogP contribution in [0.4, 0.5) is 0 Å².